The molecule has 194 valence electrons. The minimum absolute atomic E-state index is 0.293. The largest absolute Gasteiger partial charge is 0.467 e. The fourth-order valence-electron chi connectivity index (χ4n) is 5.22. The van der Waals surface area contributed by atoms with Gasteiger partial charge in [0.15, 0.2) is 0 Å². The summed E-state index contributed by atoms with van der Waals surface area (Å²) >= 11 is 0. The van der Waals surface area contributed by atoms with Gasteiger partial charge in [-0.3, -0.25) is 4.84 Å². The van der Waals surface area contributed by atoms with Gasteiger partial charge in [0.05, 0.1) is 26.4 Å². The first-order valence-corrected chi connectivity index (χ1v) is 11.3. The fraction of sp³-hybridized carbons (Fsp3) is 0.913. The van der Waals surface area contributed by atoms with Crippen LogP contribution in [-0.4, -0.2) is 92.2 Å². The van der Waals surface area contributed by atoms with Crippen LogP contribution < -0.4 is 0 Å². The van der Waals surface area contributed by atoms with Crippen molar-refractivity contribution < 1.29 is 39.3 Å². The van der Waals surface area contributed by atoms with Crippen molar-refractivity contribution in [2.24, 2.45) is 0 Å². The molecule has 10 heteroatoms. The minimum atomic E-state index is -1.48. The number of hydrogen-bond acceptors (Lipinski definition) is 10. The van der Waals surface area contributed by atoms with E-state index >= 15 is 0 Å². The Morgan fingerprint density at radius 2 is 1.03 bits per heavy atom. The van der Waals surface area contributed by atoms with Gasteiger partial charge in [-0.25, -0.2) is 9.59 Å². The Morgan fingerprint density at radius 1 is 0.727 bits per heavy atom. The number of carbonyl (C=O) groups excluding carboxylic acids is 2. The molecule has 2 heterocycles. The van der Waals surface area contributed by atoms with E-state index in [9.17, 15) is 25.0 Å². The van der Waals surface area contributed by atoms with Gasteiger partial charge in [-0.15, -0.1) is 0 Å². The lowest BCUT2D eigenvalue weighted by molar-refractivity contribution is -0.308. The number of esters is 2. The number of nitrogens with zero attached hydrogens (tertiary/aromatic N) is 2. The number of hydroxylamine groups is 4. The molecule has 2 saturated heterocycles. The Morgan fingerprint density at radius 3 is 1.33 bits per heavy atom. The van der Waals surface area contributed by atoms with E-state index in [0.29, 0.717) is 25.7 Å². The molecule has 10 nitrogen and oxygen atoms in total. The van der Waals surface area contributed by atoms with Gasteiger partial charge < -0.3 is 24.9 Å². The quantitative estimate of drug-likeness (QED) is 0.409. The number of piperidine rings is 2. The van der Waals surface area contributed by atoms with E-state index in [1.165, 1.54) is 19.3 Å². The lowest BCUT2D eigenvalue weighted by Crippen LogP contribution is -2.63. The van der Waals surface area contributed by atoms with Gasteiger partial charge in [0, 0.05) is 22.2 Å². The normalized spacial score (nSPS) is 25.2. The van der Waals surface area contributed by atoms with Gasteiger partial charge >= 0.3 is 11.9 Å². The van der Waals surface area contributed by atoms with Crippen molar-refractivity contribution in [2.45, 2.75) is 122 Å². The molecule has 0 aromatic carbocycles. The lowest BCUT2D eigenvalue weighted by atomic mass is 9.80. The molecule has 2 rings (SSSR count). The SMILES string of the molecule is CC1(C)CC(O)CC(C)(C)N1O.COC(=O)C(ON1C(C)(C)CC(O)CC1(C)C)C(=O)OC. The highest BCUT2D eigenvalue weighted by Crippen LogP contribution is 2.39. The zero-order chi connectivity index (χ0) is 26.0. The van der Waals surface area contributed by atoms with E-state index in [2.05, 4.69) is 9.47 Å². The van der Waals surface area contributed by atoms with Crippen molar-refractivity contribution in [3.8, 4) is 0 Å². The standard InChI is InChI=1S/C14H25NO6.C9H19NO2/c1-13(2)7-9(16)8-14(3,4)15(13)21-10(11(17)19-5)12(18)20-6;1-8(2)5-7(11)6-9(3,4)10(8)12/h9-10,16H,7-8H2,1-6H3;7,11-12H,5-6H2,1-4H3. The summed E-state index contributed by atoms with van der Waals surface area (Å²) in [6.45, 7) is 15.3. The number of methoxy groups -OCH3 is 2. The Hall–Kier alpha value is -1.30. The molecule has 0 saturated carbocycles. The Kier molecular flexibility index (Phi) is 9.49. The van der Waals surface area contributed by atoms with Crippen LogP contribution in [0.1, 0.15) is 81.1 Å². The molecule has 0 atom stereocenters. The van der Waals surface area contributed by atoms with Crippen molar-refractivity contribution in [2.75, 3.05) is 14.2 Å². The average Bonchev–Trinajstić information content (AvgIpc) is 2.63. The summed E-state index contributed by atoms with van der Waals surface area (Å²) in [5, 5.41) is 32.3. The minimum Gasteiger partial charge on any atom is -0.467 e. The van der Waals surface area contributed by atoms with Crippen LogP contribution in [-0.2, 0) is 23.9 Å². The summed E-state index contributed by atoms with van der Waals surface area (Å²) in [6.07, 6.45) is -0.0478. The summed E-state index contributed by atoms with van der Waals surface area (Å²) in [6, 6.07) is 0. The van der Waals surface area contributed by atoms with Crippen LogP contribution in [0.3, 0.4) is 0 Å². The molecular weight excluding hydrogens is 432 g/mol. The monoisotopic (exact) mass is 476 g/mol. The van der Waals surface area contributed by atoms with Crippen LogP contribution >= 0.6 is 0 Å². The van der Waals surface area contributed by atoms with Crippen molar-refractivity contribution in [3.63, 3.8) is 0 Å². The molecule has 3 N–H and O–H groups in total. The van der Waals surface area contributed by atoms with Crippen LogP contribution in [0.4, 0.5) is 0 Å². The van der Waals surface area contributed by atoms with Crippen LogP contribution in [0.5, 0.6) is 0 Å². The number of rotatable bonds is 4. The molecule has 33 heavy (non-hydrogen) atoms. The van der Waals surface area contributed by atoms with Crippen LogP contribution in [0.15, 0.2) is 0 Å². The van der Waals surface area contributed by atoms with Gasteiger partial charge in [-0.2, -0.15) is 10.1 Å². The maximum atomic E-state index is 11.7. The van der Waals surface area contributed by atoms with Crippen molar-refractivity contribution in [3.05, 3.63) is 0 Å². The number of carbonyl (C=O) groups is 2. The third kappa shape index (κ3) is 7.34. The van der Waals surface area contributed by atoms with Gasteiger partial charge in [0.2, 0.25) is 0 Å². The smallest absolute Gasteiger partial charge is 0.348 e. The van der Waals surface area contributed by atoms with Crippen molar-refractivity contribution >= 4 is 11.9 Å². The average molecular weight is 477 g/mol. The third-order valence-corrected chi connectivity index (χ3v) is 6.23. The Bertz CT molecular complexity index is 640. The maximum absolute atomic E-state index is 11.7. The summed E-state index contributed by atoms with van der Waals surface area (Å²) in [7, 11) is 2.36. The van der Waals surface area contributed by atoms with Crippen molar-refractivity contribution in [1.29, 1.82) is 0 Å². The predicted molar refractivity (Wildman–Crippen MR) is 121 cm³/mol. The predicted octanol–water partition coefficient (Wildman–Crippen LogP) is 2.04. The molecule has 2 aliphatic rings. The van der Waals surface area contributed by atoms with E-state index in [-0.39, 0.29) is 17.2 Å². The molecule has 0 bridgehead atoms. The first kappa shape index (κ1) is 29.7. The fourth-order valence-corrected chi connectivity index (χ4v) is 5.22. The molecule has 0 aromatic rings. The number of aliphatic hydroxyl groups excluding tert-OH is 2. The first-order chi connectivity index (χ1) is 14.8. The third-order valence-electron chi connectivity index (χ3n) is 6.23. The summed E-state index contributed by atoms with van der Waals surface area (Å²) in [4.78, 5) is 29.1. The number of aliphatic hydroxyl groups is 2. The molecular formula is C23H44N2O8. The molecule has 0 amide bonds. The van der Waals surface area contributed by atoms with Gasteiger partial charge in [0.25, 0.3) is 6.10 Å². The summed E-state index contributed by atoms with van der Waals surface area (Å²) in [5.41, 5.74) is -1.74. The van der Waals surface area contributed by atoms with E-state index in [0.717, 1.165) is 0 Å². The van der Waals surface area contributed by atoms with E-state index < -0.39 is 35.2 Å². The van der Waals surface area contributed by atoms with E-state index in [1.54, 1.807) is 5.06 Å². The topological polar surface area (TPSA) is 129 Å². The molecule has 2 aliphatic heterocycles. The highest BCUT2D eigenvalue weighted by atomic mass is 16.7. The molecule has 0 aliphatic carbocycles. The maximum Gasteiger partial charge on any atom is 0.348 e. The molecule has 0 radical (unpaired) electrons. The molecule has 0 spiro atoms. The van der Waals surface area contributed by atoms with Crippen LogP contribution in [0, 0.1) is 0 Å². The first-order valence-electron chi connectivity index (χ1n) is 11.3. The highest BCUT2D eigenvalue weighted by molar-refractivity contribution is 5.97. The zero-order valence-electron chi connectivity index (χ0n) is 21.8. The summed E-state index contributed by atoms with van der Waals surface area (Å²) in [5.74, 6) is -1.64. The summed E-state index contributed by atoms with van der Waals surface area (Å²) < 4.78 is 9.19. The zero-order valence-corrected chi connectivity index (χ0v) is 21.8. The van der Waals surface area contributed by atoms with Crippen molar-refractivity contribution in [1.82, 2.24) is 10.1 Å². The Balaban J connectivity index is 0.000000383. The molecule has 0 unspecified atom stereocenters. The highest BCUT2D eigenvalue weighted by Gasteiger charge is 2.49. The molecule has 0 aromatic heterocycles. The lowest BCUT2D eigenvalue weighted by Gasteiger charge is -2.53. The van der Waals surface area contributed by atoms with Crippen LogP contribution in [0.25, 0.3) is 0 Å². The number of ether oxygens (including phenoxy) is 2. The van der Waals surface area contributed by atoms with E-state index in [1.807, 2.05) is 55.4 Å². The van der Waals surface area contributed by atoms with Gasteiger partial charge in [-0.05, 0) is 81.1 Å². The molecule has 2 fully saturated rings. The van der Waals surface area contributed by atoms with E-state index in [4.69, 9.17) is 4.84 Å². The van der Waals surface area contributed by atoms with Gasteiger partial charge in [-0.1, -0.05) is 0 Å². The number of hydrogen-bond donors (Lipinski definition) is 3. The second-order valence-corrected chi connectivity index (χ2v) is 11.5. The second kappa shape index (κ2) is 10.5. The Labute approximate surface area is 197 Å². The van der Waals surface area contributed by atoms with Gasteiger partial charge in [0.1, 0.15) is 0 Å². The second-order valence-electron chi connectivity index (χ2n) is 11.5. The van der Waals surface area contributed by atoms with Crippen LogP contribution in [0.2, 0.25) is 0 Å².